The van der Waals surface area contributed by atoms with E-state index in [4.69, 9.17) is 21.4 Å². The van der Waals surface area contributed by atoms with Crippen molar-refractivity contribution < 1.29 is 4.74 Å². The molecule has 0 bridgehead atoms. The monoisotopic (exact) mass is 670 g/mol. The van der Waals surface area contributed by atoms with Crippen molar-refractivity contribution in [3.8, 4) is 5.75 Å². The Labute approximate surface area is 293 Å². The number of hydrogen-bond donors (Lipinski definition) is 0. The SMILES string of the molecule is CCCCCN1CCC[C@@H]1Cn1nc(Cc2ccc(Cl)cc2)c2ccccc2c1=O.Cc1ccc(OCCCN2CCCCCC2)cc1. The third-order valence-electron chi connectivity index (χ3n) is 9.77. The minimum Gasteiger partial charge on any atom is -0.494 e. The molecule has 3 heterocycles. The van der Waals surface area contributed by atoms with Gasteiger partial charge in [-0.3, -0.25) is 9.69 Å². The molecule has 0 amide bonds. The fourth-order valence-corrected chi connectivity index (χ4v) is 7.11. The van der Waals surface area contributed by atoms with E-state index < -0.39 is 0 Å². The van der Waals surface area contributed by atoms with Crippen LogP contribution in [0.5, 0.6) is 5.75 Å². The molecule has 2 saturated heterocycles. The number of fused-ring (bicyclic) bond motifs is 1. The highest BCUT2D eigenvalue weighted by atomic mass is 35.5. The Kier molecular flexibility index (Phi) is 14.4. The summed E-state index contributed by atoms with van der Waals surface area (Å²) in [5, 5.41) is 7.29. The van der Waals surface area contributed by atoms with Crippen molar-refractivity contribution in [2.45, 2.75) is 97.1 Å². The smallest absolute Gasteiger partial charge is 0.274 e. The molecule has 48 heavy (non-hydrogen) atoms. The lowest BCUT2D eigenvalue weighted by Gasteiger charge is -2.25. The summed E-state index contributed by atoms with van der Waals surface area (Å²) in [6.07, 6.45) is 13.5. The van der Waals surface area contributed by atoms with Gasteiger partial charge in [0.1, 0.15) is 5.75 Å². The van der Waals surface area contributed by atoms with Crippen LogP contribution in [0.2, 0.25) is 5.02 Å². The van der Waals surface area contributed by atoms with Crippen LogP contribution < -0.4 is 10.3 Å². The second-order valence-corrected chi connectivity index (χ2v) is 14.0. The van der Waals surface area contributed by atoms with Crippen LogP contribution in [0.15, 0.2) is 77.6 Å². The summed E-state index contributed by atoms with van der Waals surface area (Å²) >= 11 is 6.04. The van der Waals surface area contributed by atoms with Gasteiger partial charge in [0.25, 0.3) is 5.56 Å². The van der Waals surface area contributed by atoms with Crippen molar-refractivity contribution in [1.82, 2.24) is 19.6 Å². The number of likely N-dealkylation sites (tertiary alicyclic amines) is 2. The van der Waals surface area contributed by atoms with Gasteiger partial charge in [0.05, 0.1) is 24.2 Å². The molecule has 0 radical (unpaired) electrons. The van der Waals surface area contributed by atoms with Gasteiger partial charge in [0.15, 0.2) is 0 Å². The molecule has 2 aliphatic heterocycles. The van der Waals surface area contributed by atoms with E-state index in [1.54, 1.807) is 4.68 Å². The Morgan fingerprint density at radius 3 is 2.27 bits per heavy atom. The average Bonchev–Trinajstić information content (AvgIpc) is 3.37. The maximum atomic E-state index is 13.2. The highest BCUT2D eigenvalue weighted by molar-refractivity contribution is 6.30. The molecule has 0 spiro atoms. The number of ether oxygens (including phenoxy) is 1. The van der Waals surface area contributed by atoms with Crippen molar-refractivity contribution in [1.29, 1.82) is 0 Å². The van der Waals surface area contributed by atoms with Crippen molar-refractivity contribution in [2.24, 2.45) is 0 Å². The minimum absolute atomic E-state index is 0.0193. The summed E-state index contributed by atoms with van der Waals surface area (Å²) in [4.78, 5) is 18.3. The molecule has 2 fully saturated rings. The van der Waals surface area contributed by atoms with Crippen molar-refractivity contribution in [3.63, 3.8) is 0 Å². The quantitative estimate of drug-likeness (QED) is 0.133. The number of rotatable bonds is 13. The van der Waals surface area contributed by atoms with Crippen LogP contribution in [0, 0.1) is 6.92 Å². The molecule has 6 nitrogen and oxygen atoms in total. The molecular formula is C41H55ClN4O2. The zero-order valence-electron chi connectivity index (χ0n) is 29.2. The molecular weight excluding hydrogens is 616 g/mol. The molecule has 0 aliphatic carbocycles. The number of halogens is 1. The molecule has 7 heteroatoms. The van der Waals surface area contributed by atoms with Crippen LogP contribution in [0.4, 0.5) is 0 Å². The first-order chi connectivity index (χ1) is 23.5. The van der Waals surface area contributed by atoms with Crippen LogP contribution in [-0.4, -0.2) is 65.0 Å². The Morgan fingerprint density at radius 2 is 1.54 bits per heavy atom. The predicted octanol–water partition coefficient (Wildman–Crippen LogP) is 8.94. The molecule has 1 atom stereocenters. The first-order valence-electron chi connectivity index (χ1n) is 18.4. The Balaban J connectivity index is 0.000000214. The number of nitrogens with zero attached hydrogens (tertiary/aromatic N) is 4. The van der Waals surface area contributed by atoms with Crippen molar-refractivity contribution >= 4 is 22.4 Å². The van der Waals surface area contributed by atoms with Crippen LogP contribution in [0.3, 0.4) is 0 Å². The summed E-state index contributed by atoms with van der Waals surface area (Å²) < 4.78 is 7.48. The normalized spacial score (nSPS) is 17.2. The third-order valence-corrected chi connectivity index (χ3v) is 10.0. The van der Waals surface area contributed by atoms with E-state index in [1.165, 1.54) is 76.6 Å². The summed E-state index contributed by atoms with van der Waals surface area (Å²) in [6.45, 7) is 11.8. The first-order valence-corrected chi connectivity index (χ1v) is 18.8. The third kappa shape index (κ3) is 10.9. The van der Waals surface area contributed by atoms with Crippen molar-refractivity contribution in [2.75, 3.05) is 39.3 Å². The lowest BCUT2D eigenvalue weighted by Crippen LogP contribution is -2.38. The lowest BCUT2D eigenvalue weighted by molar-refractivity contribution is 0.220. The summed E-state index contributed by atoms with van der Waals surface area (Å²) in [5.41, 5.74) is 3.39. The van der Waals surface area contributed by atoms with Crippen LogP contribution in [-0.2, 0) is 13.0 Å². The maximum Gasteiger partial charge on any atom is 0.274 e. The predicted molar refractivity (Wildman–Crippen MR) is 201 cm³/mol. The van der Waals surface area contributed by atoms with E-state index in [9.17, 15) is 4.79 Å². The van der Waals surface area contributed by atoms with Gasteiger partial charge in [-0.1, -0.05) is 92.2 Å². The minimum atomic E-state index is 0.0193. The lowest BCUT2D eigenvalue weighted by atomic mass is 10.0. The van der Waals surface area contributed by atoms with E-state index >= 15 is 0 Å². The van der Waals surface area contributed by atoms with E-state index in [0.29, 0.717) is 19.0 Å². The van der Waals surface area contributed by atoms with Crippen LogP contribution in [0.1, 0.15) is 88.0 Å². The zero-order valence-corrected chi connectivity index (χ0v) is 30.0. The molecule has 0 unspecified atom stereocenters. The second-order valence-electron chi connectivity index (χ2n) is 13.6. The Morgan fingerprint density at radius 1 is 0.812 bits per heavy atom. The molecule has 1 aromatic heterocycles. The number of aryl methyl sites for hydroxylation is 1. The van der Waals surface area contributed by atoms with E-state index in [-0.39, 0.29) is 5.56 Å². The summed E-state index contributed by atoms with van der Waals surface area (Å²) in [7, 11) is 0. The first kappa shape index (κ1) is 36.1. The van der Waals surface area contributed by atoms with Gasteiger partial charge in [0.2, 0.25) is 0 Å². The van der Waals surface area contributed by atoms with E-state index in [2.05, 4.69) is 47.9 Å². The highest BCUT2D eigenvalue weighted by Gasteiger charge is 2.25. The fraction of sp³-hybridized carbons (Fsp3) is 0.512. The van der Waals surface area contributed by atoms with Crippen molar-refractivity contribution in [3.05, 3.63) is 105 Å². The van der Waals surface area contributed by atoms with E-state index in [1.807, 2.05) is 48.5 Å². The molecule has 2 aliphatic rings. The average molecular weight is 671 g/mol. The Bertz CT molecular complexity index is 1580. The van der Waals surface area contributed by atoms with Gasteiger partial charge in [0, 0.05) is 29.4 Å². The van der Waals surface area contributed by atoms with Crippen LogP contribution >= 0.6 is 11.6 Å². The van der Waals surface area contributed by atoms with Gasteiger partial charge in [-0.05, 0) is 108 Å². The molecule has 3 aromatic carbocycles. The standard InChI is InChI=1S/C25H30ClN3O.C16H25NO/c1-2-3-6-15-28-16-7-8-21(28)18-29-25(30)23-10-5-4-9-22(23)24(27-29)17-19-11-13-20(26)14-12-19;1-15-7-9-16(10-8-15)18-14-6-13-17-11-4-2-3-5-12-17/h4-5,9-14,21H,2-3,6-8,15-18H2,1H3;7-10H,2-6,11-14H2,1H3/t21-;/m1./s1. The zero-order chi connectivity index (χ0) is 33.6. The van der Waals surface area contributed by atoms with Gasteiger partial charge >= 0.3 is 0 Å². The molecule has 4 aromatic rings. The highest BCUT2D eigenvalue weighted by Crippen LogP contribution is 2.22. The maximum absolute atomic E-state index is 13.2. The molecule has 0 saturated carbocycles. The second kappa shape index (κ2) is 19.1. The van der Waals surface area contributed by atoms with Gasteiger partial charge in [-0.15, -0.1) is 0 Å². The fourth-order valence-electron chi connectivity index (χ4n) is 6.99. The summed E-state index contributed by atoms with van der Waals surface area (Å²) in [5.74, 6) is 0.997. The largest absolute Gasteiger partial charge is 0.494 e. The number of aromatic nitrogens is 2. The number of benzene rings is 3. The molecule has 0 N–H and O–H groups in total. The van der Waals surface area contributed by atoms with Gasteiger partial charge < -0.3 is 9.64 Å². The number of unbranched alkanes of at least 4 members (excludes halogenated alkanes) is 2. The molecule has 258 valence electrons. The van der Waals surface area contributed by atoms with Gasteiger partial charge in [-0.25, -0.2) is 4.68 Å². The summed E-state index contributed by atoms with van der Waals surface area (Å²) in [6, 6.07) is 24.4. The molecule has 6 rings (SSSR count). The van der Waals surface area contributed by atoms with Gasteiger partial charge in [-0.2, -0.15) is 5.10 Å². The Hall–Kier alpha value is -3.19. The topological polar surface area (TPSA) is 50.6 Å². The van der Waals surface area contributed by atoms with Crippen LogP contribution in [0.25, 0.3) is 10.8 Å². The number of hydrogen-bond acceptors (Lipinski definition) is 5. The van der Waals surface area contributed by atoms with E-state index in [0.717, 1.165) is 65.3 Å².